The lowest BCUT2D eigenvalue weighted by Crippen LogP contribution is -2.27. The average Bonchev–Trinajstić information content (AvgIpc) is 2.37. The maximum Gasteiger partial charge on any atom is 0.306 e. The quantitative estimate of drug-likeness (QED) is 0.609. The second-order valence-electron chi connectivity index (χ2n) is 4.54. The van der Waals surface area contributed by atoms with Crippen LogP contribution in [0.25, 0.3) is 0 Å². The third kappa shape index (κ3) is 4.04. The molecule has 0 aromatic heterocycles. The van der Waals surface area contributed by atoms with Crippen LogP contribution in [0.3, 0.4) is 0 Å². The number of rotatable bonds is 6. The van der Waals surface area contributed by atoms with Crippen LogP contribution in [0.2, 0.25) is 0 Å². The summed E-state index contributed by atoms with van der Waals surface area (Å²) in [6.45, 7) is 3.36. The van der Waals surface area contributed by atoms with E-state index in [1.54, 1.807) is 13.8 Å². The van der Waals surface area contributed by atoms with E-state index in [0.717, 1.165) is 0 Å². The number of carbonyl (C=O) groups is 2. The van der Waals surface area contributed by atoms with Gasteiger partial charge < -0.3 is 10.4 Å². The molecular formula is C13H16N2O5. The van der Waals surface area contributed by atoms with Crippen LogP contribution >= 0.6 is 0 Å². The number of benzene rings is 1. The second kappa shape index (κ2) is 6.65. The van der Waals surface area contributed by atoms with E-state index < -0.39 is 16.8 Å². The Morgan fingerprint density at radius 2 is 2.10 bits per heavy atom. The largest absolute Gasteiger partial charge is 0.481 e. The lowest BCUT2D eigenvalue weighted by Gasteiger charge is -2.08. The summed E-state index contributed by atoms with van der Waals surface area (Å²) < 4.78 is 0. The molecule has 0 fully saturated rings. The molecule has 108 valence electrons. The highest BCUT2D eigenvalue weighted by atomic mass is 16.6. The first-order valence-electron chi connectivity index (χ1n) is 6.09. The number of carbonyl (C=O) groups excluding carboxylic acids is 1. The molecule has 1 rings (SSSR count). The van der Waals surface area contributed by atoms with Gasteiger partial charge in [0.2, 0.25) is 0 Å². The number of hydrogen-bond donors (Lipinski definition) is 2. The van der Waals surface area contributed by atoms with Crippen molar-refractivity contribution in [2.75, 3.05) is 6.54 Å². The summed E-state index contributed by atoms with van der Waals surface area (Å²) in [5.74, 6) is -1.82. The molecule has 1 aromatic rings. The first-order valence-corrected chi connectivity index (χ1v) is 6.09. The second-order valence-corrected chi connectivity index (χ2v) is 4.54. The Morgan fingerprint density at radius 1 is 1.45 bits per heavy atom. The average molecular weight is 280 g/mol. The topological polar surface area (TPSA) is 110 Å². The van der Waals surface area contributed by atoms with Gasteiger partial charge in [-0.15, -0.1) is 0 Å². The Hall–Kier alpha value is -2.44. The Bertz CT molecular complexity index is 542. The van der Waals surface area contributed by atoms with Gasteiger partial charge in [0, 0.05) is 23.7 Å². The highest BCUT2D eigenvalue weighted by Gasteiger charge is 2.14. The fourth-order valence-corrected chi connectivity index (χ4v) is 1.63. The zero-order valence-corrected chi connectivity index (χ0v) is 11.3. The van der Waals surface area contributed by atoms with E-state index in [2.05, 4.69) is 5.32 Å². The smallest absolute Gasteiger partial charge is 0.306 e. The van der Waals surface area contributed by atoms with Gasteiger partial charge in [0.1, 0.15) is 0 Å². The molecule has 0 aliphatic rings. The Kier molecular flexibility index (Phi) is 5.19. The minimum Gasteiger partial charge on any atom is -0.481 e. The van der Waals surface area contributed by atoms with Gasteiger partial charge in [-0.05, 0) is 25.5 Å². The van der Waals surface area contributed by atoms with E-state index in [9.17, 15) is 19.7 Å². The molecule has 0 spiro atoms. The number of hydrogen-bond acceptors (Lipinski definition) is 4. The zero-order valence-electron chi connectivity index (χ0n) is 11.3. The number of aliphatic carboxylic acids is 1. The van der Waals surface area contributed by atoms with Crippen LogP contribution in [0.4, 0.5) is 5.69 Å². The minimum atomic E-state index is -0.912. The summed E-state index contributed by atoms with van der Waals surface area (Å²) in [4.78, 5) is 32.6. The summed E-state index contributed by atoms with van der Waals surface area (Å²) in [5, 5.41) is 22.0. The van der Waals surface area contributed by atoms with Crippen molar-refractivity contribution in [2.24, 2.45) is 5.92 Å². The maximum atomic E-state index is 11.8. The van der Waals surface area contributed by atoms with Crippen molar-refractivity contribution in [1.82, 2.24) is 5.32 Å². The van der Waals surface area contributed by atoms with Crippen LogP contribution in [0.5, 0.6) is 0 Å². The lowest BCUT2D eigenvalue weighted by atomic mass is 10.1. The molecular weight excluding hydrogens is 264 g/mol. The molecule has 1 amide bonds. The Morgan fingerprint density at radius 3 is 2.60 bits per heavy atom. The van der Waals surface area contributed by atoms with E-state index in [0.29, 0.717) is 17.5 Å². The first-order chi connectivity index (χ1) is 9.32. The van der Waals surface area contributed by atoms with E-state index in [-0.39, 0.29) is 18.1 Å². The van der Waals surface area contributed by atoms with Crippen molar-refractivity contribution >= 4 is 17.6 Å². The highest BCUT2D eigenvalue weighted by Crippen LogP contribution is 2.18. The van der Waals surface area contributed by atoms with E-state index >= 15 is 0 Å². The van der Waals surface area contributed by atoms with Gasteiger partial charge in [0.05, 0.1) is 10.8 Å². The van der Waals surface area contributed by atoms with Crippen molar-refractivity contribution < 1.29 is 19.6 Å². The zero-order chi connectivity index (χ0) is 15.3. The number of nitro benzene ring substituents is 1. The van der Waals surface area contributed by atoms with Crippen LogP contribution in [0.15, 0.2) is 18.2 Å². The summed E-state index contributed by atoms with van der Waals surface area (Å²) >= 11 is 0. The SMILES string of the molecule is Cc1cc(C(=O)NCCC(C)C(=O)O)ccc1[N+](=O)[O-]. The molecule has 7 heteroatoms. The van der Waals surface area contributed by atoms with Crippen molar-refractivity contribution in [3.8, 4) is 0 Å². The van der Waals surface area contributed by atoms with Gasteiger partial charge in [0.15, 0.2) is 0 Å². The molecule has 20 heavy (non-hydrogen) atoms. The van der Waals surface area contributed by atoms with Crippen LogP contribution < -0.4 is 5.32 Å². The standard InChI is InChI=1S/C13H16N2O5/c1-8(13(17)18)5-6-14-12(16)10-3-4-11(15(19)20)9(2)7-10/h3-4,7-8H,5-6H2,1-2H3,(H,14,16)(H,17,18). The van der Waals surface area contributed by atoms with E-state index in [1.165, 1.54) is 18.2 Å². The van der Waals surface area contributed by atoms with Crippen molar-refractivity contribution in [3.63, 3.8) is 0 Å². The lowest BCUT2D eigenvalue weighted by molar-refractivity contribution is -0.385. The molecule has 0 heterocycles. The van der Waals surface area contributed by atoms with Gasteiger partial charge in [-0.25, -0.2) is 0 Å². The number of carboxylic acid groups (broad SMARTS) is 1. The predicted molar refractivity (Wildman–Crippen MR) is 71.6 cm³/mol. The number of aryl methyl sites for hydroxylation is 1. The molecule has 1 aromatic carbocycles. The molecule has 1 unspecified atom stereocenters. The molecule has 0 aliphatic heterocycles. The summed E-state index contributed by atoms with van der Waals surface area (Å²) in [7, 11) is 0. The molecule has 0 saturated heterocycles. The third-order valence-electron chi connectivity index (χ3n) is 2.94. The fourth-order valence-electron chi connectivity index (χ4n) is 1.63. The summed E-state index contributed by atoms with van der Waals surface area (Å²) in [5.41, 5.74) is 0.679. The molecule has 0 aliphatic carbocycles. The Balaban J connectivity index is 2.62. The van der Waals surface area contributed by atoms with Crippen molar-refractivity contribution in [1.29, 1.82) is 0 Å². The number of carboxylic acids is 1. The Labute approximate surface area is 115 Å². The molecule has 0 bridgehead atoms. The highest BCUT2D eigenvalue weighted by molar-refractivity contribution is 5.94. The molecule has 0 radical (unpaired) electrons. The van der Waals surface area contributed by atoms with Gasteiger partial charge in [-0.3, -0.25) is 19.7 Å². The van der Waals surface area contributed by atoms with Crippen LogP contribution in [-0.4, -0.2) is 28.5 Å². The minimum absolute atomic E-state index is 0.0407. The normalized spacial score (nSPS) is 11.7. The van der Waals surface area contributed by atoms with Gasteiger partial charge in [0.25, 0.3) is 11.6 Å². The fraction of sp³-hybridized carbons (Fsp3) is 0.385. The van der Waals surface area contributed by atoms with Crippen LogP contribution in [0.1, 0.15) is 29.3 Å². The van der Waals surface area contributed by atoms with Crippen molar-refractivity contribution in [2.45, 2.75) is 20.3 Å². The first kappa shape index (κ1) is 15.6. The molecule has 0 saturated carbocycles. The number of nitrogens with zero attached hydrogens (tertiary/aromatic N) is 1. The number of amides is 1. The van der Waals surface area contributed by atoms with Gasteiger partial charge >= 0.3 is 5.97 Å². The molecule has 1 atom stereocenters. The van der Waals surface area contributed by atoms with E-state index in [4.69, 9.17) is 5.11 Å². The predicted octanol–water partition coefficient (Wildman–Crippen LogP) is 1.74. The molecule has 7 nitrogen and oxygen atoms in total. The maximum absolute atomic E-state index is 11.8. The van der Waals surface area contributed by atoms with Crippen LogP contribution in [-0.2, 0) is 4.79 Å². The number of nitro groups is 1. The summed E-state index contributed by atoms with van der Waals surface area (Å²) in [6.07, 6.45) is 0.326. The third-order valence-corrected chi connectivity index (χ3v) is 2.94. The summed E-state index contributed by atoms with van der Waals surface area (Å²) in [6, 6.07) is 4.10. The van der Waals surface area contributed by atoms with Gasteiger partial charge in [-0.1, -0.05) is 6.92 Å². The number of nitrogens with one attached hydrogen (secondary N) is 1. The monoisotopic (exact) mass is 280 g/mol. The van der Waals surface area contributed by atoms with E-state index in [1.807, 2.05) is 0 Å². The van der Waals surface area contributed by atoms with Crippen LogP contribution in [0, 0.1) is 23.0 Å². The van der Waals surface area contributed by atoms with Crippen molar-refractivity contribution in [3.05, 3.63) is 39.4 Å². The van der Waals surface area contributed by atoms with Gasteiger partial charge in [-0.2, -0.15) is 0 Å². The molecule has 2 N–H and O–H groups in total.